The largest absolute Gasteiger partial charge is 0.354 e. The molecule has 0 aromatic heterocycles. The van der Waals surface area contributed by atoms with Crippen LogP contribution in [0, 0.1) is 0 Å². The summed E-state index contributed by atoms with van der Waals surface area (Å²) in [6.07, 6.45) is 0.606. The van der Waals surface area contributed by atoms with Crippen LogP contribution >= 0.6 is 11.6 Å². The molecule has 8 heteroatoms. The van der Waals surface area contributed by atoms with E-state index in [-0.39, 0.29) is 10.7 Å². The number of Topliss-reactive ketones (excluding diaryl/α,β-unsaturated/α-hetero) is 1. The number of amides is 1. The molecule has 0 unspecified atom stereocenters. The van der Waals surface area contributed by atoms with E-state index >= 15 is 0 Å². The third-order valence-electron chi connectivity index (χ3n) is 3.92. The van der Waals surface area contributed by atoms with Gasteiger partial charge in [0.1, 0.15) is 0 Å². The number of hydrogen-bond donors (Lipinski definition) is 2. The average Bonchev–Trinajstić information content (AvgIpc) is 2.63. The Morgan fingerprint density at radius 1 is 1.04 bits per heavy atom. The molecule has 0 aliphatic rings. The number of rotatable bonds is 8. The molecule has 0 saturated heterocycles. The van der Waals surface area contributed by atoms with Crippen molar-refractivity contribution in [1.82, 2.24) is 10.0 Å². The van der Waals surface area contributed by atoms with Crippen LogP contribution in [0.4, 0.5) is 0 Å². The zero-order valence-corrected chi connectivity index (χ0v) is 16.6. The van der Waals surface area contributed by atoms with E-state index in [2.05, 4.69) is 10.0 Å². The summed E-state index contributed by atoms with van der Waals surface area (Å²) in [6.45, 7) is 3.25. The Labute approximate surface area is 164 Å². The summed E-state index contributed by atoms with van der Waals surface area (Å²) in [4.78, 5) is 23.4. The molecule has 0 aliphatic heterocycles. The minimum Gasteiger partial charge on any atom is -0.354 e. The number of sulfonamides is 1. The first-order valence-electron chi connectivity index (χ1n) is 8.34. The highest BCUT2D eigenvalue weighted by molar-refractivity contribution is 7.89. The number of halogens is 1. The first-order valence-corrected chi connectivity index (χ1v) is 10.2. The Bertz CT molecular complexity index is 910. The fourth-order valence-electron chi connectivity index (χ4n) is 2.36. The first kappa shape index (κ1) is 21.1. The van der Waals surface area contributed by atoms with Gasteiger partial charge in [-0.2, -0.15) is 4.72 Å². The normalized spacial score (nSPS) is 12.4. The van der Waals surface area contributed by atoms with Crippen LogP contribution in [-0.4, -0.2) is 32.7 Å². The lowest BCUT2D eigenvalue weighted by atomic mass is 10.1. The van der Waals surface area contributed by atoms with Gasteiger partial charge >= 0.3 is 0 Å². The summed E-state index contributed by atoms with van der Waals surface area (Å²) in [6, 6.07) is 11.9. The minimum absolute atomic E-state index is 0.00619. The summed E-state index contributed by atoms with van der Waals surface area (Å²) in [5.74, 6) is -0.576. The molecule has 2 aromatic rings. The Kier molecular flexibility index (Phi) is 7.12. The van der Waals surface area contributed by atoms with Crippen molar-refractivity contribution in [3.05, 3.63) is 64.7 Å². The van der Waals surface area contributed by atoms with Gasteiger partial charge in [-0.25, -0.2) is 8.42 Å². The number of carbonyl (C=O) groups is 2. The maximum absolute atomic E-state index is 12.4. The van der Waals surface area contributed by atoms with Crippen LogP contribution in [0.3, 0.4) is 0 Å². The molecule has 27 heavy (non-hydrogen) atoms. The van der Waals surface area contributed by atoms with Crippen LogP contribution in [0.1, 0.15) is 29.8 Å². The van der Waals surface area contributed by atoms with Crippen molar-refractivity contribution in [3.63, 3.8) is 0 Å². The number of carbonyl (C=O) groups excluding carboxylic acids is 2. The third kappa shape index (κ3) is 6.16. The second kappa shape index (κ2) is 9.12. The van der Waals surface area contributed by atoms with Gasteiger partial charge in [0.25, 0.3) is 0 Å². The van der Waals surface area contributed by atoms with Crippen molar-refractivity contribution in [1.29, 1.82) is 0 Å². The zero-order valence-electron chi connectivity index (χ0n) is 15.0. The van der Waals surface area contributed by atoms with E-state index in [1.165, 1.54) is 38.1 Å². The molecule has 144 valence electrons. The van der Waals surface area contributed by atoms with Gasteiger partial charge in [-0.1, -0.05) is 35.9 Å². The molecule has 1 amide bonds. The molecular weight excluding hydrogens is 388 g/mol. The highest BCUT2D eigenvalue weighted by atomic mass is 35.5. The van der Waals surface area contributed by atoms with E-state index in [0.29, 0.717) is 23.6 Å². The Balaban J connectivity index is 1.90. The topological polar surface area (TPSA) is 92.3 Å². The van der Waals surface area contributed by atoms with Crippen molar-refractivity contribution in [2.75, 3.05) is 6.54 Å². The number of ketones is 1. The van der Waals surface area contributed by atoms with Crippen LogP contribution in [0.5, 0.6) is 0 Å². The molecule has 0 saturated carbocycles. The lowest BCUT2D eigenvalue weighted by molar-refractivity contribution is -0.122. The van der Waals surface area contributed by atoms with E-state index in [1.807, 2.05) is 12.1 Å². The molecule has 2 aromatic carbocycles. The standard InChI is InChI=1S/C19H21ClN2O4S/c1-13(19(24)21-12-11-15-3-7-17(20)8-4-15)22-27(25,26)18-9-5-16(6-10-18)14(2)23/h3-10,13,22H,11-12H2,1-2H3,(H,21,24)/t13-/m0/s1. The fourth-order valence-corrected chi connectivity index (χ4v) is 3.69. The minimum atomic E-state index is -3.87. The molecule has 0 aliphatic carbocycles. The first-order chi connectivity index (χ1) is 12.7. The van der Waals surface area contributed by atoms with Crippen molar-refractivity contribution >= 4 is 33.3 Å². The summed E-state index contributed by atoms with van der Waals surface area (Å²) in [7, 11) is -3.87. The second-order valence-electron chi connectivity index (χ2n) is 6.09. The van der Waals surface area contributed by atoms with Crippen molar-refractivity contribution in [3.8, 4) is 0 Å². The molecule has 0 heterocycles. The van der Waals surface area contributed by atoms with Gasteiger partial charge < -0.3 is 5.32 Å². The van der Waals surface area contributed by atoms with Crippen molar-refractivity contribution < 1.29 is 18.0 Å². The molecule has 0 fully saturated rings. The van der Waals surface area contributed by atoms with E-state index < -0.39 is 22.0 Å². The molecule has 1 atom stereocenters. The van der Waals surface area contributed by atoms with Gasteiger partial charge in [-0.15, -0.1) is 0 Å². The van der Waals surface area contributed by atoms with Gasteiger partial charge in [0.2, 0.25) is 15.9 Å². The molecule has 0 radical (unpaired) electrons. The van der Waals surface area contributed by atoms with E-state index in [0.717, 1.165) is 5.56 Å². The van der Waals surface area contributed by atoms with E-state index in [4.69, 9.17) is 11.6 Å². The number of nitrogens with one attached hydrogen (secondary N) is 2. The quantitative estimate of drug-likeness (QED) is 0.656. The SMILES string of the molecule is CC(=O)c1ccc(S(=O)(=O)N[C@@H](C)C(=O)NCCc2ccc(Cl)cc2)cc1. The predicted octanol–water partition coefficient (Wildman–Crippen LogP) is 2.57. The fraction of sp³-hybridized carbons (Fsp3) is 0.263. The van der Waals surface area contributed by atoms with Crippen LogP contribution in [0.25, 0.3) is 0 Å². The Morgan fingerprint density at radius 3 is 2.19 bits per heavy atom. The summed E-state index contributed by atoms with van der Waals surface area (Å²) in [5, 5.41) is 3.34. The summed E-state index contributed by atoms with van der Waals surface area (Å²) >= 11 is 5.82. The van der Waals surface area contributed by atoms with Gasteiger partial charge in [-0.3, -0.25) is 9.59 Å². The molecule has 2 rings (SSSR count). The van der Waals surface area contributed by atoms with Gasteiger partial charge in [-0.05, 0) is 50.1 Å². The summed E-state index contributed by atoms with van der Waals surface area (Å²) in [5.41, 5.74) is 1.43. The highest BCUT2D eigenvalue weighted by Crippen LogP contribution is 2.12. The van der Waals surface area contributed by atoms with Crippen LogP contribution in [0.15, 0.2) is 53.4 Å². The van der Waals surface area contributed by atoms with E-state index in [9.17, 15) is 18.0 Å². The zero-order chi connectivity index (χ0) is 20.0. The maximum Gasteiger partial charge on any atom is 0.241 e. The Morgan fingerprint density at radius 2 is 1.63 bits per heavy atom. The van der Waals surface area contributed by atoms with Gasteiger partial charge in [0, 0.05) is 17.1 Å². The van der Waals surface area contributed by atoms with Crippen LogP contribution < -0.4 is 10.0 Å². The molecule has 0 spiro atoms. The van der Waals surface area contributed by atoms with Crippen molar-refractivity contribution in [2.24, 2.45) is 0 Å². The lowest BCUT2D eigenvalue weighted by Crippen LogP contribution is -2.45. The molecular formula is C19H21ClN2O4S. The van der Waals surface area contributed by atoms with Crippen LogP contribution in [0.2, 0.25) is 5.02 Å². The summed E-state index contributed by atoms with van der Waals surface area (Å²) < 4.78 is 27.1. The van der Waals surface area contributed by atoms with Crippen LogP contribution in [-0.2, 0) is 21.2 Å². The second-order valence-corrected chi connectivity index (χ2v) is 8.24. The molecule has 6 nitrogen and oxygen atoms in total. The average molecular weight is 409 g/mol. The van der Waals surface area contributed by atoms with E-state index in [1.54, 1.807) is 12.1 Å². The number of hydrogen-bond acceptors (Lipinski definition) is 4. The highest BCUT2D eigenvalue weighted by Gasteiger charge is 2.21. The number of benzene rings is 2. The van der Waals surface area contributed by atoms with Crippen molar-refractivity contribution in [2.45, 2.75) is 31.2 Å². The predicted molar refractivity (Wildman–Crippen MR) is 104 cm³/mol. The third-order valence-corrected chi connectivity index (χ3v) is 5.73. The van der Waals surface area contributed by atoms with Gasteiger partial charge in [0.05, 0.1) is 10.9 Å². The lowest BCUT2D eigenvalue weighted by Gasteiger charge is -2.14. The monoisotopic (exact) mass is 408 g/mol. The maximum atomic E-state index is 12.4. The molecule has 0 bridgehead atoms. The van der Waals surface area contributed by atoms with Gasteiger partial charge in [0.15, 0.2) is 5.78 Å². The molecule has 2 N–H and O–H groups in total. The Hall–Kier alpha value is -2.22. The smallest absolute Gasteiger partial charge is 0.241 e.